The molecule has 0 radical (unpaired) electrons. The highest BCUT2D eigenvalue weighted by Gasteiger charge is 2.39. The van der Waals surface area contributed by atoms with Crippen LogP contribution in [-0.2, 0) is 4.79 Å². The first-order valence-corrected chi connectivity index (χ1v) is 6.70. The van der Waals surface area contributed by atoms with Crippen molar-refractivity contribution in [2.45, 2.75) is 52.6 Å². The Morgan fingerprint density at radius 2 is 2.11 bits per heavy atom. The quantitative estimate of drug-likeness (QED) is 0.769. The molecular formula is C14H25N3O. The molecule has 2 unspecified atom stereocenters. The average molecular weight is 251 g/mol. The topological polar surface area (TPSA) is 47.3 Å². The molecule has 0 bridgehead atoms. The van der Waals surface area contributed by atoms with Gasteiger partial charge in [0, 0.05) is 19.1 Å². The molecule has 0 spiro atoms. The van der Waals surface area contributed by atoms with Crippen molar-refractivity contribution >= 4 is 5.91 Å². The van der Waals surface area contributed by atoms with Crippen molar-refractivity contribution in [2.24, 2.45) is 5.41 Å². The standard InChI is InChI=1S/C14H25N3O/c1-6-11(2)17-10-14(3,4)9-16(5)12(7-8-15)13(17)18/h11-12H,6-7,9-10H2,1-5H3. The molecule has 0 aromatic rings. The summed E-state index contributed by atoms with van der Waals surface area (Å²) >= 11 is 0. The van der Waals surface area contributed by atoms with Gasteiger partial charge in [-0.1, -0.05) is 20.8 Å². The summed E-state index contributed by atoms with van der Waals surface area (Å²) in [4.78, 5) is 16.6. The highest BCUT2D eigenvalue weighted by Crippen LogP contribution is 2.27. The van der Waals surface area contributed by atoms with E-state index in [1.807, 2.05) is 16.8 Å². The van der Waals surface area contributed by atoms with Crippen molar-refractivity contribution < 1.29 is 4.79 Å². The van der Waals surface area contributed by atoms with Crippen molar-refractivity contribution in [3.05, 3.63) is 0 Å². The molecular weight excluding hydrogens is 226 g/mol. The van der Waals surface area contributed by atoms with Crippen LogP contribution in [0.4, 0.5) is 0 Å². The summed E-state index contributed by atoms with van der Waals surface area (Å²) in [5.41, 5.74) is 0.0675. The van der Waals surface area contributed by atoms with Crippen molar-refractivity contribution in [2.75, 3.05) is 20.1 Å². The van der Waals surface area contributed by atoms with Crippen molar-refractivity contribution in [1.29, 1.82) is 5.26 Å². The van der Waals surface area contributed by atoms with E-state index in [4.69, 9.17) is 5.26 Å². The van der Waals surface area contributed by atoms with Gasteiger partial charge in [0.2, 0.25) is 5.91 Å². The number of hydrogen-bond acceptors (Lipinski definition) is 3. The van der Waals surface area contributed by atoms with Crippen LogP contribution in [-0.4, -0.2) is 47.9 Å². The lowest BCUT2D eigenvalue weighted by Gasteiger charge is -2.33. The molecule has 2 atom stereocenters. The summed E-state index contributed by atoms with van der Waals surface area (Å²) in [5.74, 6) is 0.110. The zero-order valence-electron chi connectivity index (χ0n) is 12.2. The second-order valence-electron chi connectivity index (χ2n) is 6.18. The molecule has 102 valence electrons. The molecule has 0 N–H and O–H groups in total. The third kappa shape index (κ3) is 3.23. The highest BCUT2D eigenvalue weighted by atomic mass is 16.2. The summed E-state index contributed by atoms with van der Waals surface area (Å²) in [7, 11) is 1.95. The highest BCUT2D eigenvalue weighted by molar-refractivity contribution is 5.82. The number of hydrogen-bond donors (Lipinski definition) is 0. The SMILES string of the molecule is CCC(C)N1CC(C)(C)CN(C)C(CC#N)C1=O. The summed E-state index contributed by atoms with van der Waals surface area (Å²) in [6.45, 7) is 10.2. The molecule has 0 aromatic heterocycles. The molecule has 0 saturated carbocycles. The number of carbonyl (C=O) groups is 1. The van der Waals surface area contributed by atoms with Crippen LogP contribution >= 0.6 is 0 Å². The maximum atomic E-state index is 12.6. The summed E-state index contributed by atoms with van der Waals surface area (Å²) in [5, 5.41) is 8.91. The van der Waals surface area contributed by atoms with Gasteiger partial charge in [0.25, 0.3) is 0 Å². The van der Waals surface area contributed by atoms with Gasteiger partial charge in [0.05, 0.1) is 12.5 Å². The van der Waals surface area contributed by atoms with Crippen LogP contribution in [0.25, 0.3) is 0 Å². The minimum Gasteiger partial charge on any atom is -0.338 e. The van der Waals surface area contributed by atoms with E-state index >= 15 is 0 Å². The Hall–Kier alpha value is -1.08. The van der Waals surface area contributed by atoms with Crippen LogP contribution in [0.3, 0.4) is 0 Å². The zero-order valence-corrected chi connectivity index (χ0v) is 12.2. The van der Waals surface area contributed by atoms with E-state index in [1.54, 1.807) is 0 Å². The fraction of sp³-hybridized carbons (Fsp3) is 0.857. The van der Waals surface area contributed by atoms with Gasteiger partial charge >= 0.3 is 0 Å². The zero-order chi connectivity index (χ0) is 13.9. The lowest BCUT2D eigenvalue weighted by atomic mass is 9.92. The van der Waals surface area contributed by atoms with E-state index in [1.165, 1.54) is 0 Å². The van der Waals surface area contributed by atoms with Crippen molar-refractivity contribution in [3.8, 4) is 6.07 Å². The molecule has 4 nitrogen and oxygen atoms in total. The van der Waals surface area contributed by atoms with Gasteiger partial charge < -0.3 is 4.90 Å². The van der Waals surface area contributed by atoms with Gasteiger partial charge in [-0.15, -0.1) is 0 Å². The predicted octanol–water partition coefficient (Wildman–Crippen LogP) is 1.87. The normalized spacial score (nSPS) is 26.6. The Balaban J connectivity index is 3.04. The number of rotatable bonds is 3. The monoisotopic (exact) mass is 251 g/mol. The second kappa shape index (κ2) is 5.71. The Morgan fingerprint density at radius 3 is 2.61 bits per heavy atom. The molecule has 1 rings (SSSR count). The van der Waals surface area contributed by atoms with E-state index in [0.717, 1.165) is 19.5 Å². The van der Waals surface area contributed by atoms with Crippen LogP contribution < -0.4 is 0 Å². The smallest absolute Gasteiger partial charge is 0.241 e. The lowest BCUT2D eigenvalue weighted by Crippen LogP contribution is -2.47. The fourth-order valence-electron chi connectivity index (χ4n) is 2.68. The fourth-order valence-corrected chi connectivity index (χ4v) is 2.68. The van der Waals surface area contributed by atoms with E-state index in [2.05, 4.69) is 33.8 Å². The van der Waals surface area contributed by atoms with Gasteiger partial charge in [-0.3, -0.25) is 9.69 Å². The molecule has 4 heteroatoms. The molecule has 1 saturated heterocycles. The third-order valence-electron chi connectivity index (χ3n) is 3.78. The largest absolute Gasteiger partial charge is 0.338 e. The Kier molecular flexibility index (Phi) is 4.75. The minimum atomic E-state index is -0.286. The van der Waals surface area contributed by atoms with Gasteiger partial charge in [0.1, 0.15) is 6.04 Å². The van der Waals surface area contributed by atoms with E-state index in [0.29, 0.717) is 0 Å². The van der Waals surface area contributed by atoms with Crippen LogP contribution in [0.1, 0.15) is 40.5 Å². The first-order valence-electron chi connectivity index (χ1n) is 6.70. The van der Waals surface area contributed by atoms with E-state index in [9.17, 15) is 4.79 Å². The Bertz CT molecular complexity index is 345. The first kappa shape index (κ1) is 15.0. The number of carbonyl (C=O) groups excluding carboxylic acids is 1. The second-order valence-corrected chi connectivity index (χ2v) is 6.18. The van der Waals surface area contributed by atoms with Gasteiger partial charge in [-0.05, 0) is 25.8 Å². The molecule has 1 fully saturated rings. The molecule has 1 amide bonds. The molecule has 1 aliphatic rings. The molecule has 1 heterocycles. The molecule has 1 aliphatic heterocycles. The van der Waals surface area contributed by atoms with Crippen molar-refractivity contribution in [1.82, 2.24) is 9.80 Å². The maximum Gasteiger partial charge on any atom is 0.241 e. The van der Waals surface area contributed by atoms with Crippen LogP contribution in [0.15, 0.2) is 0 Å². The lowest BCUT2D eigenvalue weighted by molar-refractivity contribution is -0.137. The molecule has 18 heavy (non-hydrogen) atoms. The number of amides is 1. The summed E-state index contributed by atoms with van der Waals surface area (Å²) < 4.78 is 0. The maximum absolute atomic E-state index is 12.6. The Labute approximate surface area is 111 Å². The summed E-state index contributed by atoms with van der Waals surface area (Å²) in [6, 6.07) is 2.10. The number of likely N-dealkylation sites (N-methyl/N-ethyl adjacent to an activating group) is 1. The van der Waals surface area contributed by atoms with E-state index < -0.39 is 0 Å². The van der Waals surface area contributed by atoms with Crippen LogP contribution in [0.2, 0.25) is 0 Å². The van der Waals surface area contributed by atoms with Gasteiger partial charge in [-0.2, -0.15) is 5.26 Å². The molecule has 0 aromatic carbocycles. The summed E-state index contributed by atoms with van der Waals surface area (Å²) in [6.07, 6.45) is 1.23. The number of nitriles is 1. The number of nitrogens with zero attached hydrogens (tertiary/aromatic N) is 3. The molecule has 0 aliphatic carbocycles. The van der Waals surface area contributed by atoms with Crippen LogP contribution in [0, 0.1) is 16.7 Å². The average Bonchev–Trinajstić information content (AvgIpc) is 2.37. The predicted molar refractivity (Wildman–Crippen MR) is 71.9 cm³/mol. The van der Waals surface area contributed by atoms with Crippen LogP contribution in [0.5, 0.6) is 0 Å². The first-order chi connectivity index (χ1) is 8.32. The Morgan fingerprint density at radius 1 is 1.50 bits per heavy atom. The van der Waals surface area contributed by atoms with E-state index in [-0.39, 0.29) is 29.8 Å². The minimum absolute atomic E-state index is 0.0675. The van der Waals surface area contributed by atoms with Gasteiger partial charge in [-0.25, -0.2) is 0 Å². The van der Waals surface area contributed by atoms with Gasteiger partial charge in [0.15, 0.2) is 0 Å². The van der Waals surface area contributed by atoms with Crippen molar-refractivity contribution in [3.63, 3.8) is 0 Å². The third-order valence-corrected chi connectivity index (χ3v) is 3.78.